The van der Waals surface area contributed by atoms with Crippen LogP contribution in [0.5, 0.6) is 0 Å². The van der Waals surface area contributed by atoms with Crippen LogP contribution in [0.15, 0.2) is 0 Å². The summed E-state index contributed by atoms with van der Waals surface area (Å²) < 4.78 is 83.1. The Kier molecular flexibility index (Phi) is 4.89. The quantitative estimate of drug-likeness (QED) is 0.611. The molecule has 5 atom stereocenters. The summed E-state index contributed by atoms with van der Waals surface area (Å²) in [7, 11) is 0. The van der Waals surface area contributed by atoms with Crippen molar-refractivity contribution in [2.45, 2.75) is 63.6 Å². The number of carbonyl (C=O) groups excluding carboxylic acids is 1. The summed E-state index contributed by atoms with van der Waals surface area (Å²) in [5.41, 5.74) is -4.72. The maximum absolute atomic E-state index is 13.0. The first-order chi connectivity index (χ1) is 10.8. The number of esters is 1. The topological polar surface area (TPSA) is 46.5 Å². The maximum atomic E-state index is 13.0. The lowest BCUT2D eigenvalue weighted by molar-refractivity contribution is -0.389. The standard InChI is InChI=1S/C15H20F6O3/c1-3-7(2)12(22)24-11-6-8-4-9(11)5-10(8)13(23,14(16,17)18)15(19,20)21/h7-11,23H,3-6H2,1-2H3. The number of halogens is 6. The van der Waals surface area contributed by atoms with Crippen LogP contribution in [0.4, 0.5) is 26.3 Å². The number of ether oxygens (including phenoxy) is 1. The average molecular weight is 362 g/mol. The molecular weight excluding hydrogens is 342 g/mol. The number of fused-ring (bicyclic) bond motifs is 2. The van der Waals surface area contributed by atoms with E-state index in [-0.39, 0.29) is 18.8 Å². The molecule has 2 saturated carbocycles. The van der Waals surface area contributed by atoms with Crippen molar-refractivity contribution in [3.8, 4) is 0 Å². The van der Waals surface area contributed by atoms with Gasteiger partial charge >= 0.3 is 18.3 Å². The first-order valence-electron chi connectivity index (χ1n) is 7.89. The smallest absolute Gasteiger partial charge is 0.426 e. The summed E-state index contributed by atoms with van der Waals surface area (Å²) in [6.45, 7) is 3.42. The van der Waals surface area contributed by atoms with E-state index in [2.05, 4.69) is 0 Å². The van der Waals surface area contributed by atoms with Gasteiger partial charge in [0.25, 0.3) is 5.60 Å². The van der Waals surface area contributed by atoms with Gasteiger partial charge in [-0.3, -0.25) is 4.79 Å². The highest BCUT2D eigenvalue weighted by Crippen LogP contribution is 2.60. The Hall–Kier alpha value is -0.990. The molecule has 9 heteroatoms. The highest BCUT2D eigenvalue weighted by Gasteiger charge is 2.76. The van der Waals surface area contributed by atoms with Gasteiger partial charge in [-0.25, -0.2) is 0 Å². The summed E-state index contributed by atoms with van der Waals surface area (Å²) in [5, 5.41) is 9.54. The molecule has 0 aliphatic heterocycles. The minimum absolute atomic E-state index is 0.0774. The van der Waals surface area contributed by atoms with Crippen LogP contribution in [0.3, 0.4) is 0 Å². The fourth-order valence-electron chi connectivity index (χ4n) is 3.89. The van der Waals surface area contributed by atoms with Gasteiger partial charge in [-0.1, -0.05) is 13.8 Å². The minimum Gasteiger partial charge on any atom is -0.462 e. The lowest BCUT2D eigenvalue weighted by Gasteiger charge is -2.41. The Morgan fingerprint density at radius 3 is 2.00 bits per heavy atom. The molecular formula is C15H20F6O3. The number of aliphatic hydroxyl groups is 1. The van der Waals surface area contributed by atoms with Gasteiger partial charge in [-0.15, -0.1) is 0 Å². The lowest BCUT2D eigenvalue weighted by atomic mass is 9.74. The summed E-state index contributed by atoms with van der Waals surface area (Å²) in [6.07, 6.45) is -12.2. The van der Waals surface area contributed by atoms with Crippen molar-refractivity contribution in [1.29, 1.82) is 0 Å². The fraction of sp³-hybridized carbons (Fsp3) is 0.933. The van der Waals surface area contributed by atoms with Crippen molar-refractivity contribution in [1.82, 2.24) is 0 Å². The predicted molar refractivity (Wildman–Crippen MR) is 70.7 cm³/mol. The fourth-order valence-corrected chi connectivity index (χ4v) is 3.89. The van der Waals surface area contributed by atoms with Gasteiger partial charge in [0, 0.05) is 5.92 Å². The second-order valence-corrected chi connectivity index (χ2v) is 6.88. The first kappa shape index (κ1) is 19.3. The molecule has 1 N–H and O–H groups in total. The zero-order chi connectivity index (χ0) is 18.5. The van der Waals surface area contributed by atoms with Crippen LogP contribution in [0.2, 0.25) is 0 Å². The van der Waals surface area contributed by atoms with Gasteiger partial charge in [0.05, 0.1) is 5.92 Å². The van der Waals surface area contributed by atoms with Crippen molar-refractivity contribution in [2.75, 3.05) is 0 Å². The molecule has 0 aromatic carbocycles. The summed E-state index contributed by atoms with van der Waals surface area (Å²) in [4.78, 5) is 11.8. The molecule has 3 nitrogen and oxygen atoms in total. The molecule has 2 aliphatic rings. The van der Waals surface area contributed by atoms with Crippen molar-refractivity contribution in [3.63, 3.8) is 0 Å². The molecule has 0 aromatic rings. The molecule has 2 aliphatic carbocycles. The van der Waals surface area contributed by atoms with Crippen LogP contribution < -0.4 is 0 Å². The highest BCUT2D eigenvalue weighted by atomic mass is 19.4. The third-order valence-electron chi connectivity index (χ3n) is 5.48. The van der Waals surface area contributed by atoms with Gasteiger partial charge in [0.2, 0.25) is 0 Å². The van der Waals surface area contributed by atoms with Crippen LogP contribution in [0.25, 0.3) is 0 Å². The lowest BCUT2D eigenvalue weighted by Crippen LogP contribution is -2.63. The van der Waals surface area contributed by atoms with Crippen LogP contribution in [-0.2, 0) is 9.53 Å². The molecule has 0 spiro atoms. The van der Waals surface area contributed by atoms with E-state index in [0.29, 0.717) is 6.42 Å². The number of hydrogen-bond donors (Lipinski definition) is 1. The minimum atomic E-state index is -5.80. The molecule has 0 saturated heterocycles. The third-order valence-corrected chi connectivity index (χ3v) is 5.48. The second kappa shape index (κ2) is 6.07. The molecule has 2 bridgehead atoms. The van der Waals surface area contributed by atoms with Crippen LogP contribution in [0, 0.1) is 23.7 Å². The van der Waals surface area contributed by atoms with E-state index in [0.717, 1.165) is 0 Å². The first-order valence-corrected chi connectivity index (χ1v) is 7.89. The molecule has 0 radical (unpaired) electrons. The predicted octanol–water partition coefficient (Wildman–Crippen LogP) is 3.85. The summed E-state index contributed by atoms with van der Waals surface area (Å²) >= 11 is 0. The van der Waals surface area contributed by atoms with Crippen molar-refractivity contribution < 1.29 is 41.0 Å². The zero-order valence-electron chi connectivity index (χ0n) is 13.2. The molecule has 0 heterocycles. The SMILES string of the molecule is CCC(C)C(=O)OC1CC2CC1CC2C(O)(C(F)(F)F)C(F)(F)F. The van der Waals surface area contributed by atoms with E-state index in [4.69, 9.17) is 4.74 Å². The van der Waals surface area contributed by atoms with Gasteiger partial charge < -0.3 is 9.84 Å². The van der Waals surface area contributed by atoms with Gasteiger partial charge in [0.15, 0.2) is 0 Å². The van der Waals surface area contributed by atoms with Crippen LogP contribution >= 0.6 is 0 Å². The third kappa shape index (κ3) is 2.99. The Morgan fingerprint density at radius 2 is 1.62 bits per heavy atom. The van der Waals surface area contributed by atoms with Gasteiger partial charge in [0.1, 0.15) is 6.10 Å². The maximum Gasteiger partial charge on any atom is 0.426 e. The second-order valence-electron chi connectivity index (χ2n) is 6.88. The van der Waals surface area contributed by atoms with E-state index in [1.807, 2.05) is 0 Å². The Balaban J connectivity index is 2.13. The number of carbonyl (C=O) groups is 1. The Bertz CT molecular complexity index is 473. The molecule has 0 amide bonds. The number of rotatable bonds is 4. The number of hydrogen-bond acceptors (Lipinski definition) is 3. The van der Waals surface area contributed by atoms with Crippen LogP contribution in [0.1, 0.15) is 39.5 Å². The monoisotopic (exact) mass is 362 g/mol. The van der Waals surface area contributed by atoms with E-state index < -0.39 is 54.2 Å². The molecule has 5 unspecified atom stereocenters. The van der Waals surface area contributed by atoms with E-state index in [1.165, 1.54) is 0 Å². The van der Waals surface area contributed by atoms with E-state index in [9.17, 15) is 36.2 Å². The number of alkyl halides is 6. The normalized spacial score (nSPS) is 32.0. The van der Waals surface area contributed by atoms with Crippen LogP contribution in [-0.4, -0.2) is 35.1 Å². The summed E-state index contributed by atoms with van der Waals surface area (Å²) in [5.74, 6) is -4.38. The molecule has 140 valence electrons. The molecule has 24 heavy (non-hydrogen) atoms. The molecule has 2 fully saturated rings. The van der Waals surface area contributed by atoms with Gasteiger partial charge in [-0.05, 0) is 37.5 Å². The van der Waals surface area contributed by atoms with E-state index in [1.54, 1.807) is 13.8 Å². The Morgan fingerprint density at radius 1 is 1.08 bits per heavy atom. The molecule has 2 rings (SSSR count). The summed E-state index contributed by atoms with van der Waals surface area (Å²) in [6, 6.07) is 0. The van der Waals surface area contributed by atoms with E-state index >= 15 is 0 Å². The van der Waals surface area contributed by atoms with Gasteiger partial charge in [-0.2, -0.15) is 26.3 Å². The van der Waals surface area contributed by atoms with Crippen molar-refractivity contribution in [2.24, 2.45) is 23.7 Å². The highest BCUT2D eigenvalue weighted by molar-refractivity contribution is 5.72. The van der Waals surface area contributed by atoms with Crippen molar-refractivity contribution in [3.05, 3.63) is 0 Å². The molecule has 0 aromatic heterocycles. The zero-order valence-corrected chi connectivity index (χ0v) is 13.2. The Labute approximate surface area is 135 Å². The average Bonchev–Trinajstić information content (AvgIpc) is 3.02. The largest absolute Gasteiger partial charge is 0.462 e. The van der Waals surface area contributed by atoms with Crippen molar-refractivity contribution >= 4 is 5.97 Å².